The molecule has 23 heavy (non-hydrogen) atoms. The molecule has 0 aliphatic carbocycles. The smallest absolute Gasteiger partial charge is 0.363 e. The lowest BCUT2D eigenvalue weighted by molar-refractivity contribution is -0.129. The number of carbonyl (C=O) groups is 1. The fourth-order valence-corrected chi connectivity index (χ4v) is 2.29. The fourth-order valence-electron chi connectivity index (χ4n) is 2.29. The molecule has 2 aromatic rings. The summed E-state index contributed by atoms with van der Waals surface area (Å²) in [5, 5.41) is 0. The average molecular weight is 309 g/mol. The van der Waals surface area contributed by atoms with E-state index in [1.807, 2.05) is 24.3 Å². The largest absolute Gasteiger partial charge is 0.402 e. The molecule has 0 unspecified atom stereocenters. The molecule has 0 saturated heterocycles. The summed E-state index contributed by atoms with van der Waals surface area (Å²) >= 11 is 0. The van der Waals surface area contributed by atoms with Gasteiger partial charge in [-0.2, -0.15) is 0 Å². The van der Waals surface area contributed by atoms with Gasteiger partial charge in [0.2, 0.25) is 5.90 Å². The number of esters is 1. The van der Waals surface area contributed by atoms with Crippen LogP contribution in [0.3, 0.4) is 0 Å². The fraction of sp³-hybridized carbons (Fsp3) is 0.158. The van der Waals surface area contributed by atoms with Gasteiger partial charge in [-0.1, -0.05) is 44.2 Å². The summed E-state index contributed by atoms with van der Waals surface area (Å²) in [4.78, 5) is 16.1. The molecule has 1 aliphatic heterocycles. The van der Waals surface area contributed by atoms with Gasteiger partial charge in [0, 0.05) is 5.56 Å². The van der Waals surface area contributed by atoms with Crippen LogP contribution < -0.4 is 0 Å². The van der Waals surface area contributed by atoms with Crippen molar-refractivity contribution >= 4 is 17.9 Å². The van der Waals surface area contributed by atoms with E-state index >= 15 is 0 Å². The van der Waals surface area contributed by atoms with Gasteiger partial charge >= 0.3 is 5.97 Å². The zero-order valence-corrected chi connectivity index (χ0v) is 12.9. The van der Waals surface area contributed by atoms with Crippen molar-refractivity contribution in [3.05, 3.63) is 76.7 Å². The Morgan fingerprint density at radius 2 is 1.87 bits per heavy atom. The zero-order valence-electron chi connectivity index (χ0n) is 12.9. The molecule has 1 aliphatic rings. The maximum Gasteiger partial charge on any atom is 0.363 e. The molecule has 4 heteroatoms. The summed E-state index contributed by atoms with van der Waals surface area (Å²) in [6, 6.07) is 13.7. The van der Waals surface area contributed by atoms with Crippen molar-refractivity contribution in [1.29, 1.82) is 0 Å². The van der Waals surface area contributed by atoms with E-state index in [1.54, 1.807) is 18.2 Å². The van der Waals surface area contributed by atoms with Gasteiger partial charge in [0.1, 0.15) is 5.82 Å². The van der Waals surface area contributed by atoms with Gasteiger partial charge < -0.3 is 4.74 Å². The van der Waals surface area contributed by atoms with Gasteiger partial charge in [0.25, 0.3) is 0 Å². The van der Waals surface area contributed by atoms with Crippen LogP contribution in [0, 0.1) is 5.82 Å². The van der Waals surface area contributed by atoms with E-state index in [9.17, 15) is 9.18 Å². The minimum Gasteiger partial charge on any atom is -0.402 e. The lowest BCUT2D eigenvalue weighted by Crippen LogP contribution is -2.05. The number of ether oxygens (including phenoxy) is 1. The number of carbonyl (C=O) groups excluding carboxylic acids is 1. The first-order valence-corrected chi connectivity index (χ1v) is 7.41. The van der Waals surface area contributed by atoms with Gasteiger partial charge in [-0.25, -0.2) is 14.2 Å². The van der Waals surface area contributed by atoms with E-state index in [-0.39, 0.29) is 11.6 Å². The first-order chi connectivity index (χ1) is 11.0. The molecule has 0 amide bonds. The molecule has 0 radical (unpaired) electrons. The third kappa shape index (κ3) is 3.37. The molecule has 0 bridgehead atoms. The van der Waals surface area contributed by atoms with Crippen LogP contribution in [0.4, 0.5) is 4.39 Å². The van der Waals surface area contributed by atoms with Crippen molar-refractivity contribution in [2.24, 2.45) is 4.99 Å². The first kappa shape index (κ1) is 15.2. The van der Waals surface area contributed by atoms with Gasteiger partial charge in [-0.3, -0.25) is 0 Å². The summed E-state index contributed by atoms with van der Waals surface area (Å²) in [6.07, 6.45) is 1.67. The number of benzene rings is 2. The molecule has 0 aromatic heterocycles. The normalized spacial score (nSPS) is 15.9. The van der Waals surface area contributed by atoms with Crippen molar-refractivity contribution in [3.63, 3.8) is 0 Å². The van der Waals surface area contributed by atoms with E-state index in [0.29, 0.717) is 11.5 Å². The van der Waals surface area contributed by atoms with Crippen LogP contribution in [-0.4, -0.2) is 11.9 Å². The maximum absolute atomic E-state index is 13.3. The van der Waals surface area contributed by atoms with Gasteiger partial charge in [0.15, 0.2) is 5.70 Å². The number of nitrogens with zero attached hydrogens (tertiary/aromatic N) is 1. The molecule has 0 fully saturated rings. The third-order valence-corrected chi connectivity index (χ3v) is 3.60. The molecule has 0 saturated carbocycles. The lowest BCUT2D eigenvalue weighted by Gasteiger charge is -2.04. The van der Waals surface area contributed by atoms with Crippen molar-refractivity contribution in [2.75, 3.05) is 0 Å². The Morgan fingerprint density at radius 3 is 2.52 bits per heavy atom. The highest BCUT2D eigenvalue weighted by atomic mass is 19.1. The monoisotopic (exact) mass is 309 g/mol. The SMILES string of the molecule is CC(C)c1ccc(C=C2N=C(c3cccc(F)c3)OC2=O)cc1. The Balaban J connectivity index is 1.88. The molecule has 0 atom stereocenters. The predicted molar refractivity (Wildman–Crippen MR) is 87.5 cm³/mol. The van der Waals surface area contributed by atoms with Crippen LogP contribution in [-0.2, 0) is 9.53 Å². The first-order valence-electron chi connectivity index (χ1n) is 7.41. The molecule has 2 aromatic carbocycles. The Labute approximate surface area is 134 Å². The summed E-state index contributed by atoms with van der Waals surface area (Å²) in [6.45, 7) is 4.24. The highest BCUT2D eigenvalue weighted by Crippen LogP contribution is 2.21. The number of rotatable bonds is 3. The topological polar surface area (TPSA) is 38.7 Å². The van der Waals surface area contributed by atoms with E-state index in [2.05, 4.69) is 18.8 Å². The van der Waals surface area contributed by atoms with Crippen LogP contribution in [0.5, 0.6) is 0 Å². The number of aliphatic imine (C=N–C) groups is 1. The van der Waals surface area contributed by atoms with Crippen molar-refractivity contribution in [1.82, 2.24) is 0 Å². The Kier molecular flexibility index (Phi) is 4.06. The Morgan fingerprint density at radius 1 is 1.13 bits per heavy atom. The van der Waals surface area contributed by atoms with E-state index in [1.165, 1.54) is 17.7 Å². The Hall–Kier alpha value is -2.75. The standard InChI is InChI=1S/C19H16FNO2/c1-12(2)14-8-6-13(7-9-14)10-17-19(22)23-18(21-17)15-4-3-5-16(20)11-15/h3-12H,1-2H3. The number of cyclic esters (lactones) is 1. The van der Waals surface area contributed by atoms with Gasteiger partial charge in [-0.05, 0) is 41.3 Å². The van der Waals surface area contributed by atoms with E-state index in [0.717, 1.165) is 5.56 Å². The second kappa shape index (κ2) is 6.16. The quantitative estimate of drug-likeness (QED) is 0.626. The highest BCUT2D eigenvalue weighted by molar-refractivity contribution is 6.12. The van der Waals surface area contributed by atoms with E-state index in [4.69, 9.17) is 4.74 Å². The number of halogens is 1. The summed E-state index contributed by atoms with van der Waals surface area (Å²) in [5.74, 6) is -0.356. The van der Waals surface area contributed by atoms with Crippen LogP contribution in [0.15, 0.2) is 59.2 Å². The number of hydrogen-bond acceptors (Lipinski definition) is 3. The van der Waals surface area contributed by atoms with Crippen molar-refractivity contribution in [3.8, 4) is 0 Å². The van der Waals surface area contributed by atoms with Crippen molar-refractivity contribution in [2.45, 2.75) is 19.8 Å². The summed E-state index contributed by atoms with van der Waals surface area (Å²) < 4.78 is 18.4. The van der Waals surface area contributed by atoms with Crippen molar-refractivity contribution < 1.29 is 13.9 Å². The molecule has 1 heterocycles. The molecular formula is C19H16FNO2. The molecule has 0 spiro atoms. The minimum atomic E-state index is -0.530. The van der Waals surface area contributed by atoms with Crippen LogP contribution >= 0.6 is 0 Å². The molecule has 3 nitrogen and oxygen atoms in total. The highest BCUT2D eigenvalue weighted by Gasteiger charge is 2.24. The third-order valence-electron chi connectivity index (χ3n) is 3.60. The van der Waals surface area contributed by atoms with E-state index < -0.39 is 11.8 Å². The molecule has 3 rings (SSSR count). The van der Waals surface area contributed by atoms with Crippen LogP contribution in [0.1, 0.15) is 36.5 Å². The average Bonchev–Trinajstić information content (AvgIpc) is 2.89. The zero-order chi connectivity index (χ0) is 16.4. The maximum atomic E-state index is 13.3. The minimum absolute atomic E-state index is 0.125. The summed E-state index contributed by atoms with van der Waals surface area (Å²) in [5.41, 5.74) is 2.74. The van der Waals surface area contributed by atoms with Gasteiger partial charge in [-0.15, -0.1) is 0 Å². The second-order valence-electron chi connectivity index (χ2n) is 5.67. The van der Waals surface area contributed by atoms with Gasteiger partial charge in [0.05, 0.1) is 0 Å². The lowest BCUT2D eigenvalue weighted by atomic mass is 10.0. The molecule has 0 N–H and O–H groups in total. The number of hydrogen-bond donors (Lipinski definition) is 0. The van der Waals surface area contributed by atoms with Crippen LogP contribution in [0.25, 0.3) is 6.08 Å². The van der Waals surface area contributed by atoms with Crippen LogP contribution in [0.2, 0.25) is 0 Å². The predicted octanol–water partition coefficient (Wildman–Crippen LogP) is 4.29. The molecule has 116 valence electrons. The molecular weight excluding hydrogens is 293 g/mol. The Bertz CT molecular complexity index is 804. The summed E-state index contributed by atoms with van der Waals surface area (Å²) in [7, 11) is 0. The second-order valence-corrected chi connectivity index (χ2v) is 5.67.